The first-order valence-corrected chi connectivity index (χ1v) is 35.9. The highest BCUT2D eigenvalue weighted by Crippen LogP contribution is 2.35. The molecule has 7 heterocycles. The van der Waals surface area contributed by atoms with Crippen molar-refractivity contribution < 1.29 is 52.9 Å². The number of β-amino-alcohol motifs (C(OH)–C–C–N with tert-alkyl or cyclic N) is 1. The number of imidazole rings is 2. The van der Waals surface area contributed by atoms with Gasteiger partial charge in [-0.1, -0.05) is 82.9 Å². The van der Waals surface area contributed by atoms with Crippen LogP contribution in [-0.4, -0.2) is 178 Å². The van der Waals surface area contributed by atoms with Crippen LogP contribution in [0.25, 0.3) is 32.5 Å². The number of aromatic nitrogens is 9. The average Bonchev–Trinajstić information content (AvgIpc) is 1.62. The van der Waals surface area contributed by atoms with Gasteiger partial charge in [-0.25, -0.2) is 15.0 Å². The highest BCUT2D eigenvalue weighted by molar-refractivity contribution is 7.13. The molecule has 102 heavy (non-hydrogen) atoms. The van der Waals surface area contributed by atoms with Crippen molar-refractivity contribution in [2.45, 2.75) is 164 Å². The Labute approximate surface area is 597 Å². The Balaban J connectivity index is 0.761. The number of ether oxygens (including phenoxy) is 3. The summed E-state index contributed by atoms with van der Waals surface area (Å²) in [6.45, 7) is 20.8. The molecule has 8 aromatic rings. The second-order valence-corrected chi connectivity index (χ2v) is 27.8. The Morgan fingerprint density at radius 2 is 1.33 bits per heavy atom. The lowest BCUT2D eigenvalue weighted by molar-refractivity contribution is -0.144. The molecule has 0 spiro atoms. The molecule has 2 fully saturated rings. The Kier molecular flexibility index (Phi) is 25.1. The summed E-state index contributed by atoms with van der Waals surface area (Å²) < 4.78 is 24.7. The molecule has 29 heteroatoms. The molecular formula is C73H95N17O11S. The minimum Gasteiger partial charge on any atom is -0.494 e. The van der Waals surface area contributed by atoms with E-state index in [1.165, 1.54) is 12.0 Å². The number of allylic oxidation sites excluding steroid dienone is 2. The van der Waals surface area contributed by atoms with Gasteiger partial charge in [-0.05, 0) is 107 Å². The number of hydrogen-bond donors (Lipinski definition) is 7. The van der Waals surface area contributed by atoms with Crippen LogP contribution >= 0.6 is 11.3 Å². The smallest absolute Gasteiger partial charge is 0.276 e. The van der Waals surface area contributed by atoms with Crippen LogP contribution in [0, 0.1) is 26.2 Å². The summed E-state index contributed by atoms with van der Waals surface area (Å²) in [7, 11) is 1.50. The van der Waals surface area contributed by atoms with Gasteiger partial charge in [-0.3, -0.25) is 58.5 Å². The molecule has 5 aromatic heterocycles. The Morgan fingerprint density at radius 3 is 1.91 bits per heavy atom. The van der Waals surface area contributed by atoms with Gasteiger partial charge in [-0.2, -0.15) is 10.2 Å². The second-order valence-electron chi connectivity index (χ2n) is 26.9. The van der Waals surface area contributed by atoms with E-state index < -0.39 is 47.2 Å². The van der Waals surface area contributed by atoms with E-state index in [9.17, 15) is 38.7 Å². The van der Waals surface area contributed by atoms with Crippen LogP contribution in [0.2, 0.25) is 0 Å². The van der Waals surface area contributed by atoms with Gasteiger partial charge in [0.15, 0.2) is 0 Å². The Hall–Kier alpha value is -9.84. The van der Waals surface area contributed by atoms with Gasteiger partial charge in [0.1, 0.15) is 46.0 Å². The number of likely N-dealkylation sites (tertiary alicyclic amines) is 1. The minimum atomic E-state index is -0.926. The van der Waals surface area contributed by atoms with Crippen LogP contribution in [-0.2, 0) is 51.8 Å². The van der Waals surface area contributed by atoms with Crippen LogP contribution in [0.1, 0.15) is 157 Å². The van der Waals surface area contributed by atoms with Crippen molar-refractivity contribution in [2.75, 3.05) is 70.3 Å². The molecule has 544 valence electrons. The number of aryl methyl sites for hydroxylation is 5. The van der Waals surface area contributed by atoms with Crippen molar-refractivity contribution in [3.05, 3.63) is 123 Å². The van der Waals surface area contributed by atoms with Gasteiger partial charge in [0.2, 0.25) is 35.5 Å². The molecule has 10 rings (SSSR count). The first-order chi connectivity index (χ1) is 49.0. The first-order valence-electron chi connectivity index (χ1n) is 35.1. The molecule has 7 amide bonds. The zero-order valence-corrected chi connectivity index (χ0v) is 60.5. The number of carbonyl (C=O) groups excluding carboxylic acids is 7. The molecule has 2 aliphatic heterocycles. The number of rotatable bonds is 33. The van der Waals surface area contributed by atoms with E-state index in [-0.39, 0.29) is 74.2 Å². The predicted molar refractivity (Wildman–Crippen MR) is 389 cm³/mol. The number of carbonyl (C=O) groups is 7. The lowest BCUT2D eigenvalue weighted by atomic mass is 9.85. The average molecular weight is 1420 g/mol. The molecule has 0 saturated carbocycles. The molecule has 2 saturated heterocycles. The summed E-state index contributed by atoms with van der Waals surface area (Å²) in [4.78, 5) is 115. The van der Waals surface area contributed by atoms with E-state index in [1.807, 2.05) is 90.4 Å². The third-order valence-corrected chi connectivity index (χ3v) is 19.2. The van der Waals surface area contributed by atoms with E-state index in [2.05, 4.69) is 46.7 Å². The predicted octanol–water partition coefficient (Wildman–Crippen LogP) is 8.11. The summed E-state index contributed by atoms with van der Waals surface area (Å²) in [6.07, 6.45) is 8.45. The largest absolute Gasteiger partial charge is 0.494 e. The van der Waals surface area contributed by atoms with E-state index >= 15 is 0 Å². The van der Waals surface area contributed by atoms with Gasteiger partial charge in [0, 0.05) is 89.4 Å². The molecule has 0 aliphatic carbocycles. The van der Waals surface area contributed by atoms with E-state index in [0.29, 0.717) is 121 Å². The number of hydrogen-bond acceptors (Lipinski definition) is 18. The monoisotopic (exact) mass is 1420 g/mol. The van der Waals surface area contributed by atoms with E-state index in [1.54, 1.807) is 73.2 Å². The van der Waals surface area contributed by atoms with Crippen LogP contribution in [0.4, 0.5) is 11.9 Å². The van der Waals surface area contributed by atoms with Crippen molar-refractivity contribution in [3.63, 3.8) is 0 Å². The quantitative estimate of drug-likeness (QED) is 0.0151. The molecule has 2 aliphatic rings. The third kappa shape index (κ3) is 18.4. The van der Waals surface area contributed by atoms with Gasteiger partial charge in [-0.15, -0.1) is 11.3 Å². The summed E-state index contributed by atoms with van der Waals surface area (Å²) in [5, 5.41) is 34.6. The lowest BCUT2D eigenvalue weighted by Gasteiger charge is -2.35. The zero-order chi connectivity index (χ0) is 72.8. The van der Waals surface area contributed by atoms with Crippen molar-refractivity contribution in [1.82, 2.24) is 69.4 Å². The SMILES string of the molecule is CCn1nc(C)cc1C(=O)Nc1nc2cc(C(=O)NCCCCCCCCC(=O)NC(C(=O)N3CC(O)CC3C(=O)NCc3ccc(-c4scnc4C)cc3)C(C)(C)C)cc(OC)c2n1CC=CCn1c(NC(=O)c2cc(C)nn2CC)nc2cc(C(N)=O)cc(OCCCN3CCOCC3)c21. The number of nitrogens with one attached hydrogen (secondary N) is 5. The lowest BCUT2D eigenvalue weighted by Crippen LogP contribution is -2.57. The number of amides is 7. The molecule has 3 atom stereocenters. The normalized spacial score (nSPS) is 15.3. The highest BCUT2D eigenvalue weighted by Gasteiger charge is 2.44. The maximum Gasteiger partial charge on any atom is 0.276 e. The summed E-state index contributed by atoms with van der Waals surface area (Å²) in [6, 6.07) is 15.9. The van der Waals surface area contributed by atoms with Gasteiger partial charge in [0.25, 0.3) is 17.7 Å². The zero-order valence-electron chi connectivity index (χ0n) is 59.7. The standard InChI is InChI=1S/C73H95N17O11S/c1-10-89-56(35-45(3)83-89)68(96)81-71-79-54-38-51(66(94)75-26-17-15-13-12-14-16-21-60(92)80-64(73(6,7)8)70(98)88-43-52(91)41-55(88)67(95)76-42-48-22-24-49(25-23-48)63-47(5)77-44-102-63)40-58(99-9)61(54)86(71)28-18-19-29-87-62-53(78-72(87)82-69(97)57-36-46(4)84-90(57)11-2)37-50(65(74)93)39-59(62)101-32-20-27-85-30-33-100-34-31-85/h18-19,22-25,35-40,44,52,55,64,91H,10-17,20-21,26-34,41-43H2,1-9H3,(H2,74,93)(H,75,94)(H,76,95)(H,80,92)(H,78,82,97)(H,79,81,96). The maximum atomic E-state index is 14.2. The first kappa shape index (κ1) is 74.8. The van der Waals surface area contributed by atoms with E-state index in [4.69, 9.17) is 29.9 Å². The van der Waals surface area contributed by atoms with Crippen LogP contribution < -0.4 is 41.8 Å². The van der Waals surface area contributed by atoms with Crippen molar-refractivity contribution in [3.8, 4) is 21.9 Å². The molecule has 28 nitrogen and oxygen atoms in total. The topological polar surface area (TPSA) is 344 Å². The third-order valence-electron chi connectivity index (χ3n) is 18.2. The number of nitrogens with two attached hydrogens (primary N) is 1. The summed E-state index contributed by atoms with van der Waals surface area (Å²) in [5.74, 6) is -1.94. The Bertz CT molecular complexity index is 4340. The van der Waals surface area contributed by atoms with Crippen molar-refractivity contribution in [1.29, 1.82) is 0 Å². The molecule has 0 radical (unpaired) electrons. The molecule has 8 N–H and O–H groups in total. The summed E-state index contributed by atoms with van der Waals surface area (Å²) >= 11 is 1.57. The number of methoxy groups -OCH3 is 1. The number of primary amides is 1. The number of anilines is 2. The molecule has 0 bridgehead atoms. The van der Waals surface area contributed by atoms with E-state index in [0.717, 1.165) is 67.0 Å². The van der Waals surface area contributed by atoms with Crippen molar-refractivity contribution in [2.24, 2.45) is 11.1 Å². The molecule has 3 aromatic carbocycles. The van der Waals surface area contributed by atoms with Crippen LogP contribution in [0.3, 0.4) is 0 Å². The van der Waals surface area contributed by atoms with Crippen LogP contribution in [0.5, 0.6) is 11.5 Å². The van der Waals surface area contributed by atoms with Crippen molar-refractivity contribution >= 4 is 86.7 Å². The Morgan fingerprint density at radius 1 is 0.745 bits per heavy atom. The number of benzene rings is 3. The number of aliphatic hydroxyl groups excluding tert-OH is 1. The van der Waals surface area contributed by atoms with Gasteiger partial charge >= 0.3 is 0 Å². The number of unbranched alkanes of at least 4 members (excludes halogenated alkanes) is 5. The number of aliphatic hydroxyl groups is 1. The number of morpholine rings is 1. The molecule has 3 unspecified atom stereocenters. The van der Waals surface area contributed by atoms with Gasteiger partial charge in [0.05, 0.1) is 71.5 Å². The number of nitrogens with zero attached hydrogens (tertiary/aromatic N) is 11. The van der Waals surface area contributed by atoms with Gasteiger partial charge < -0.3 is 55.0 Å². The minimum absolute atomic E-state index is 0.0169. The molecular weight excluding hydrogens is 1320 g/mol. The fourth-order valence-electron chi connectivity index (χ4n) is 12.9. The summed E-state index contributed by atoms with van der Waals surface area (Å²) in [5.41, 5.74) is 14.1. The number of thiazole rings is 1. The highest BCUT2D eigenvalue weighted by atomic mass is 32.1. The fourth-order valence-corrected chi connectivity index (χ4v) is 13.7. The maximum absolute atomic E-state index is 14.2. The second kappa shape index (κ2) is 34.2. The fraction of sp³-hybridized carbons (Fsp3) is 0.479. The van der Waals surface area contributed by atoms with Crippen LogP contribution in [0.15, 0.2) is 78.3 Å². The number of fused-ring (bicyclic) bond motifs is 2.